The van der Waals surface area contributed by atoms with Crippen molar-refractivity contribution in [2.24, 2.45) is 40.5 Å². The number of fused-ring (bicyclic) bond motifs is 2. The zero-order chi connectivity index (χ0) is 86.4. The average molecular weight is 1640 g/mol. The number of carbonyl (C=O) groups excluding carboxylic acids is 15. The summed E-state index contributed by atoms with van der Waals surface area (Å²) in [5, 5.41) is 65.8. The summed E-state index contributed by atoms with van der Waals surface area (Å²) in [6.07, 6.45) is 3.65. The fraction of sp³-hybridized carbons (Fsp3) is 0.532. The van der Waals surface area contributed by atoms with Gasteiger partial charge in [0.15, 0.2) is 0 Å². The first-order valence-electron chi connectivity index (χ1n) is 39.4. The Kier molecular flexibility index (Phi) is 40.5. The van der Waals surface area contributed by atoms with Crippen molar-refractivity contribution >= 4 is 110 Å². The Morgan fingerprint density at radius 1 is 0.419 bits per heavy atom. The second-order valence-corrected chi connectivity index (χ2v) is 29.5. The largest absolute Gasteiger partial charge is 0.508 e. The van der Waals surface area contributed by atoms with Crippen LogP contribution in [0.4, 0.5) is 0 Å². The monoisotopic (exact) mass is 1630 g/mol. The number of para-hydroxylation sites is 2. The number of aliphatic hydroxyl groups excluding tert-OH is 2. The average Bonchev–Trinajstić information content (AvgIpc) is 1.71. The summed E-state index contributed by atoms with van der Waals surface area (Å²) in [6, 6.07) is 3.33. The van der Waals surface area contributed by atoms with E-state index in [0.29, 0.717) is 50.8 Å². The second kappa shape index (κ2) is 49.3. The molecule has 38 nitrogen and oxygen atoms in total. The summed E-state index contributed by atoms with van der Waals surface area (Å²) in [5.74, 6) is -14.2. The van der Waals surface area contributed by atoms with Crippen molar-refractivity contribution in [3.05, 3.63) is 102 Å². The molecule has 0 aliphatic heterocycles. The molecule has 2 heterocycles. The van der Waals surface area contributed by atoms with E-state index < -0.39 is 193 Å². The number of phenols is 1. The van der Waals surface area contributed by atoms with Crippen LogP contribution < -0.4 is 97.8 Å². The van der Waals surface area contributed by atoms with Gasteiger partial charge in [0.1, 0.15) is 72.2 Å². The summed E-state index contributed by atoms with van der Waals surface area (Å²) in [6.45, 7) is 7.61. The first-order chi connectivity index (χ1) is 55.7. The molecule has 13 atom stereocenters. The molecule has 0 unspecified atom stereocenters. The van der Waals surface area contributed by atoms with Gasteiger partial charge in [-0.15, -0.1) is 0 Å². The molecule has 15 amide bonds. The van der Waals surface area contributed by atoms with Crippen LogP contribution in [0.1, 0.15) is 142 Å². The fourth-order valence-electron chi connectivity index (χ4n) is 12.6. The number of carbonyl (C=O) groups is 15. The zero-order valence-corrected chi connectivity index (χ0v) is 67.1. The van der Waals surface area contributed by atoms with Crippen LogP contribution in [-0.2, 0) is 91.2 Å². The van der Waals surface area contributed by atoms with Gasteiger partial charge in [0.05, 0.1) is 32.2 Å². The van der Waals surface area contributed by atoms with Gasteiger partial charge >= 0.3 is 0 Å². The fourth-order valence-corrected chi connectivity index (χ4v) is 12.6. The van der Waals surface area contributed by atoms with Gasteiger partial charge in [-0.2, -0.15) is 0 Å². The highest BCUT2D eigenvalue weighted by molar-refractivity contribution is 6.01. The number of amides is 15. The molecular weight excluding hydrogens is 1520 g/mol. The molecule has 5 aromatic rings. The first kappa shape index (κ1) is 96.0. The van der Waals surface area contributed by atoms with E-state index in [9.17, 15) is 87.2 Å². The Morgan fingerprint density at radius 3 is 1.30 bits per heavy atom. The normalized spacial score (nSPS) is 14.6. The van der Waals surface area contributed by atoms with E-state index >= 15 is 0 Å². The number of H-pyrrole nitrogens is 2. The molecule has 0 saturated heterocycles. The minimum Gasteiger partial charge on any atom is -0.508 e. The van der Waals surface area contributed by atoms with Gasteiger partial charge in [-0.25, -0.2) is 0 Å². The van der Waals surface area contributed by atoms with Crippen molar-refractivity contribution in [1.82, 2.24) is 79.1 Å². The molecule has 0 saturated carbocycles. The van der Waals surface area contributed by atoms with E-state index in [0.717, 1.165) is 26.2 Å². The number of aliphatic hydroxyl groups is 2. The Bertz CT molecular complexity index is 4170. The topological polar surface area (TPSA) is 635 Å². The van der Waals surface area contributed by atoms with Gasteiger partial charge in [0.2, 0.25) is 88.6 Å². The summed E-state index contributed by atoms with van der Waals surface area (Å²) >= 11 is 0. The predicted octanol–water partition coefficient (Wildman–Crippen LogP) is -3.43. The number of hydrogen-bond acceptors (Lipinski definition) is 21. The molecular formula is C79H118N20O18. The lowest BCUT2D eigenvalue weighted by Gasteiger charge is -2.30. The van der Waals surface area contributed by atoms with Crippen LogP contribution in [0.15, 0.2) is 85.2 Å². The zero-order valence-electron chi connectivity index (χ0n) is 67.1. The molecule has 0 aliphatic rings. The quantitative estimate of drug-likeness (QED) is 0.0169. The molecule has 3 aromatic carbocycles. The predicted molar refractivity (Wildman–Crippen MR) is 433 cm³/mol. The number of phenolic OH excluding ortho intramolecular Hbond substituents is 1. The third-order valence-corrected chi connectivity index (χ3v) is 19.5. The molecule has 0 radical (unpaired) electrons. The van der Waals surface area contributed by atoms with Gasteiger partial charge in [0, 0.05) is 59.9 Å². The lowest BCUT2D eigenvalue weighted by molar-refractivity contribution is -0.137. The second-order valence-electron chi connectivity index (χ2n) is 29.5. The highest BCUT2D eigenvalue weighted by Crippen LogP contribution is 2.23. The van der Waals surface area contributed by atoms with Crippen LogP contribution in [0.2, 0.25) is 0 Å². The minimum absolute atomic E-state index is 0.0126. The van der Waals surface area contributed by atoms with Gasteiger partial charge in [-0.05, 0) is 131 Å². The number of nitrogens with one attached hydrogen (secondary N) is 15. The molecule has 0 aliphatic carbocycles. The summed E-state index contributed by atoms with van der Waals surface area (Å²) in [5.41, 5.74) is 31.2. The van der Waals surface area contributed by atoms with E-state index in [1.807, 2.05) is 0 Å². The van der Waals surface area contributed by atoms with Crippen molar-refractivity contribution in [1.29, 1.82) is 0 Å². The summed E-state index contributed by atoms with van der Waals surface area (Å²) in [4.78, 5) is 213. The summed E-state index contributed by atoms with van der Waals surface area (Å²) < 4.78 is 0. The molecule has 0 bridgehead atoms. The number of primary amides is 2. The smallest absolute Gasteiger partial charge is 0.245 e. The third-order valence-electron chi connectivity index (χ3n) is 19.5. The SMILES string of the molecule is CC[C@H](C)[C@H](NC(=O)[C@@H](NC(=O)[C@H](Cc1c[nH]c2ccccc12)NC(=O)[C@@H](CCCN)NC(=O)CNC(=O)[C@H](CCCN)NC(=O)[C@@H](CCCN)NC(=O)[C@@H](Cc1c[nH]c2ccccc12)NC(=O)[C@@H](Cc1ccc(O)cc1)NC(=O)[C@@H](CO)NC(=O)CCCCCC(C)C)[C@@H](C)O)C(=O)N[C@@H](CC(N)=O)C(=O)NCC(=O)N[C@@H](C)C(N)=O. The number of rotatable bonds is 53. The number of unbranched alkanes of at least 4 members (excludes halogenated alkanes) is 2. The number of nitrogens with two attached hydrogens (primary N) is 5. The molecule has 0 fully saturated rings. The molecule has 642 valence electrons. The van der Waals surface area contributed by atoms with E-state index in [4.69, 9.17) is 28.7 Å². The van der Waals surface area contributed by atoms with Crippen molar-refractivity contribution in [2.75, 3.05) is 39.3 Å². The molecule has 28 N–H and O–H groups in total. The number of aromatic hydroxyl groups is 1. The van der Waals surface area contributed by atoms with Crippen LogP contribution in [0.5, 0.6) is 5.75 Å². The van der Waals surface area contributed by atoms with Crippen LogP contribution >= 0.6 is 0 Å². The molecule has 2 aromatic heterocycles. The van der Waals surface area contributed by atoms with E-state index in [2.05, 4.69) is 92.9 Å². The Labute approximate surface area is 678 Å². The van der Waals surface area contributed by atoms with Crippen LogP contribution in [0, 0.1) is 11.8 Å². The lowest BCUT2D eigenvalue weighted by atomic mass is 9.96. The maximum absolute atomic E-state index is 15.0. The standard InChI is InChI=1S/C79H118N20O18/c1-7-44(4)67(78(116)97-61(37-63(83)103)71(109)88-40-65(105)89-45(5)69(84)107)98-79(117)68(46(6)101)99-76(114)60(36-49-39-86-54-22-14-12-20-52(49)54)95-72(110)56(24-16-32-81)90-66(106)41-87-70(108)55(23-15-31-80)92-73(111)57(25-17-33-82)93-75(113)59(35-48-38-85-53-21-13-11-19-51(48)53)96-74(112)58(34-47-27-29-50(102)30-28-47)94-77(115)62(42-100)91-64(104)26-10-8-9-18-43(2)3/h11-14,19-22,27-30,38-39,43-46,55-62,67-68,85-86,100-102H,7-10,15-18,23-26,31-37,40-42,80-82H2,1-6H3,(H2,83,103)(H2,84,107)(H,87,108)(H,88,109)(H,89,105)(H,90,106)(H,91,104)(H,92,111)(H,93,113)(H,94,115)(H,95,110)(H,96,112)(H,97,116)(H,98,117)(H,99,114)/t44-,45-,46+,55-,56+,57+,58+,59+,60-,61-,62+,67-,68-/m0/s1. The highest BCUT2D eigenvalue weighted by atomic mass is 16.3. The van der Waals surface area contributed by atoms with Gasteiger partial charge in [-0.1, -0.05) is 102 Å². The molecule has 38 heteroatoms. The number of aromatic amines is 2. The van der Waals surface area contributed by atoms with Gasteiger partial charge < -0.3 is 123 Å². The molecule has 5 rings (SSSR count). The van der Waals surface area contributed by atoms with Gasteiger partial charge in [-0.3, -0.25) is 71.9 Å². The number of benzene rings is 3. The van der Waals surface area contributed by atoms with Crippen molar-refractivity contribution < 1.29 is 87.2 Å². The van der Waals surface area contributed by atoms with E-state index in [1.165, 1.54) is 31.2 Å². The number of aromatic nitrogens is 2. The molecule has 117 heavy (non-hydrogen) atoms. The Balaban J connectivity index is 1.35. The lowest BCUT2D eigenvalue weighted by Crippen LogP contribution is -2.62. The van der Waals surface area contributed by atoms with Crippen molar-refractivity contribution in [2.45, 2.75) is 217 Å². The van der Waals surface area contributed by atoms with E-state index in [-0.39, 0.29) is 96.0 Å². The van der Waals surface area contributed by atoms with Crippen LogP contribution in [-0.4, -0.2) is 226 Å². The summed E-state index contributed by atoms with van der Waals surface area (Å²) in [7, 11) is 0. The van der Waals surface area contributed by atoms with Crippen molar-refractivity contribution in [3.63, 3.8) is 0 Å². The van der Waals surface area contributed by atoms with E-state index in [1.54, 1.807) is 74.8 Å². The third kappa shape index (κ3) is 32.2. The maximum Gasteiger partial charge on any atom is 0.245 e. The van der Waals surface area contributed by atoms with Crippen molar-refractivity contribution in [3.8, 4) is 5.75 Å². The Hall–Kier alpha value is -11.6. The first-order valence-corrected chi connectivity index (χ1v) is 39.4. The minimum atomic E-state index is -1.86. The van der Waals surface area contributed by atoms with Gasteiger partial charge in [0.25, 0.3) is 0 Å². The van der Waals surface area contributed by atoms with Crippen LogP contribution in [0.3, 0.4) is 0 Å². The molecule has 0 spiro atoms. The maximum atomic E-state index is 15.0. The Morgan fingerprint density at radius 2 is 0.829 bits per heavy atom. The number of hydrogen-bond donors (Lipinski definition) is 23. The highest BCUT2D eigenvalue weighted by Gasteiger charge is 2.39. The van der Waals surface area contributed by atoms with Crippen LogP contribution in [0.25, 0.3) is 21.8 Å².